The Balaban J connectivity index is 2.43. The molecule has 0 spiro atoms. The number of halogens is 6. The predicted molar refractivity (Wildman–Crippen MR) is 86.6 cm³/mol. The first-order valence-corrected chi connectivity index (χ1v) is 7.88. The Bertz CT molecular complexity index is 865. The van der Waals surface area contributed by atoms with Gasteiger partial charge >= 0.3 is 18.3 Å². The number of nitrogens with zero attached hydrogens (tertiary/aromatic N) is 3. The van der Waals surface area contributed by atoms with E-state index in [0.717, 1.165) is 11.0 Å². The predicted octanol–water partition coefficient (Wildman–Crippen LogP) is 4.80. The third kappa shape index (κ3) is 5.33. The molecular weight excluding hydrogens is 392 g/mol. The van der Waals surface area contributed by atoms with Crippen LogP contribution >= 0.6 is 0 Å². The summed E-state index contributed by atoms with van der Waals surface area (Å²) in [4.78, 5) is 15.5. The molecule has 1 aromatic heterocycles. The molecule has 0 radical (unpaired) electrons. The first-order chi connectivity index (χ1) is 12.8. The molecule has 0 aliphatic rings. The monoisotopic (exact) mass is 407 g/mol. The Morgan fingerprint density at radius 1 is 1.07 bits per heavy atom. The Hall–Kier alpha value is -2.85. The molecule has 1 aromatic carbocycles. The Morgan fingerprint density at radius 2 is 1.61 bits per heavy atom. The lowest BCUT2D eigenvalue weighted by Crippen LogP contribution is -2.12. The van der Waals surface area contributed by atoms with Crippen LogP contribution in [0.15, 0.2) is 30.1 Å². The lowest BCUT2D eigenvalue weighted by molar-refractivity contribution is -0.144. The minimum Gasteiger partial charge on any atom is -0.460 e. The van der Waals surface area contributed by atoms with Crippen molar-refractivity contribution in [2.24, 2.45) is 0 Å². The molecule has 0 fully saturated rings. The molecule has 5 nitrogen and oxygen atoms in total. The molecule has 2 rings (SSSR count). The number of ether oxygens (including phenoxy) is 1. The first kappa shape index (κ1) is 21.5. The van der Waals surface area contributed by atoms with Crippen LogP contribution in [-0.4, -0.2) is 26.8 Å². The summed E-state index contributed by atoms with van der Waals surface area (Å²) in [6.07, 6.45) is -8.08. The molecular formula is C17H15F6N3O2. The second-order valence-corrected chi connectivity index (χ2v) is 6.11. The third-order valence-corrected chi connectivity index (χ3v) is 3.35. The molecule has 0 aliphatic heterocycles. The van der Waals surface area contributed by atoms with E-state index in [0.29, 0.717) is 12.1 Å². The van der Waals surface area contributed by atoms with Crippen molar-refractivity contribution >= 4 is 12.2 Å². The second kappa shape index (κ2) is 7.64. The van der Waals surface area contributed by atoms with Gasteiger partial charge in [-0.15, -0.1) is 5.10 Å². The summed E-state index contributed by atoms with van der Waals surface area (Å²) in [5.41, 5.74) is -3.29. The summed E-state index contributed by atoms with van der Waals surface area (Å²) >= 11 is 0. The highest BCUT2D eigenvalue weighted by Gasteiger charge is 2.37. The summed E-state index contributed by atoms with van der Waals surface area (Å²) in [6, 6.07) is 1.07. The minimum atomic E-state index is -4.98. The van der Waals surface area contributed by atoms with E-state index in [2.05, 4.69) is 10.1 Å². The van der Waals surface area contributed by atoms with E-state index < -0.39 is 35.0 Å². The van der Waals surface area contributed by atoms with E-state index >= 15 is 0 Å². The maximum absolute atomic E-state index is 12.9. The van der Waals surface area contributed by atoms with Gasteiger partial charge < -0.3 is 4.74 Å². The van der Waals surface area contributed by atoms with Crippen LogP contribution < -0.4 is 0 Å². The van der Waals surface area contributed by atoms with Gasteiger partial charge in [0.1, 0.15) is 6.33 Å². The molecule has 0 unspecified atom stereocenters. The van der Waals surface area contributed by atoms with Crippen LogP contribution in [0.3, 0.4) is 0 Å². The standard InChI is InChI=1S/C17H15F6N3O2/c1-9(2)28-15(27)10(3)7-26-8-24-14(25-26)11-4-12(16(18,19)20)6-13(5-11)17(21,22)23/h4-9H,1-3H3/b10-7+. The van der Waals surface area contributed by atoms with Crippen LogP contribution in [0.2, 0.25) is 0 Å². The highest BCUT2D eigenvalue weighted by molar-refractivity contribution is 5.91. The van der Waals surface area contributed by atoms with Crippen molar-refractivity contribution in [3.05, 3.63) is 41.2 Å². The van der Waals surface area contributed by atoms with Gasteiger partial charge in [0, 0.05) is 11.8 Å². The van der Waals surface area contributed by atoms with E-state index in [9.17, 15) is 31.1 Å². The zero-order valence-electron chi connectivity index (χ0n) is 14.9. The van der Waals surface area contributed by atoms with Crippen molar-refractivity contribution < 1.29 is 35.9 Å². The zero-order valence-corrected chi connectivity index (χ0v) is 14.9. The van der Waals surface area contributed by atoms with Gasteiger partial charge in [0.25, 0.3) is 0 Å². The van der Waals surface area contributed by atoms with Gasteiger partial charge in [0.05, 0.1) is 22.8 Å². The smallest absolute Gasteiger partial charge is 0.416 e. The van der Waals surface area contributed by atoms with Gasteiger partial charge in [0.2, 0.25) is 0 Å². The molecule has 152 valence electrons. The van der Waals surface area contributed by atoms with Crippen molar-refractivity contribution in [2.75, 3.05) is 0 Å². The van der Waals surface area contributed by atoms with Crippen molar-refractivity contribution in [3.8, 4) is 11.4 Å². The fourth-order valence-electron chi connectivity index (χ4n) is 2.11. The minimum absolute atomic E-state index is 0.0203. The number of alkyl halides is 6. The largest absolute Gasteiger partial charge is 0.460 e. The molecule has 0 atom stereocenters. The van der Waals surface area contributed by atoms with Gasteiger partial charge in [-0.25, -0.2) is 14.5 Å². The molecule has 2 aromatic rings. The zero-order chi connectivity index (χ0) is 21.3. The lowest BCUT2D eigenvalue weighted by Gasteiger charge is -2.13. The van der Waals surface area contributed by atoms with Crippen molar-refractivity contribution in [3.63, 3.8) is 0 Å². The van der Waals surface area contributed by atoms with Crippen LogP contribution in [0.25, 0.3) is 17.6 Å². The van der Waals surface area contributed by atoms with Gasteiger partial charge in [0.15, 0.2) is 5.82 Å². The summed E-state index contributed by atoms with van der Waals surface area (Å²) in [6.45, 7) is 4.70. The number of hydrogen-bond donors (Lipinski definition) is 0. The average molecular weight is 407 g/mol. The van der Waals surface area contributed by atoms with Gasteiger partial charge in [-0.05, 0) is 39.0 Å². The van der Waals surface area contributed by atoms with Crippen LogP contribution in [0, 0.1) is 0 Å². The first-order valence-electron chi connectivity index (χ1n) is 7.88. The summed E-state index contributed by atoms with van der Waals surface area (Å²) in [5, 5.41) is 3.82. The van der Waals surface area contributed by atoms with Gasteiger partial charge in [-0.1, -0.05) is 0 Å². The molecule has 11 heteroatoms. The molecule has 0 saturated heterocycles. The van der Waals surface area contributed by atoms with Gasteiger partial charge in [-0.2, -0.15) is 26.3 Å². The van der Waals surface area contributed by atoms with E-state index in [-0.39, 0.29) is 23.6 Å². The maximum Gasteiger partial charge on any atom is 0.416 e. The van der Waals surface area contributed by atoms with E-state index in [4.69, 9.17) is 4.74 Å². The van der Waals surface area contributed by atoms with E-state index in [1.54, 1.807) is 13.8 Å². The summed E-state index contributed by atoms with van der Waals surface area (Å²) in [7, 11) is 0. The summed E-state index contributed by atoms with van der Waals surface area (Å²) < 4.78 is 83.6. The van der Waals surface area contributed by atoms with Crippen molar-refractivity contribution in [1.82, 2.24) is 14.8 Å². The lowest BCUT2D eigenvalue weighted by atomic mass is 10.0. The number of hydrogen-bond acceptors (Lipinski definition) is 4. The quantitative estimate of drug-likeness (QED) is 0.415. The number of aromatic nitrogens is 3. The molecule has 0 saturated carbocycles. The number of rotatable bonds is 4. The Kier molecular flexibility index (Phi) is 5.86. The van der Waals surface area contributed by atoms with Crippen molar-refractivity contribution in [1.29, 1.82) is 0 Å². The fourth-order valence-corrected chi connectivity index (χ4v) is 2.11. The molecule has 0 amide bonds. The molecule has 0 aliphatic carbocycles. The van der Waals surface area contributed by atoms with Crippen LogP contribution in [0.4, 0.5) is 26.3 Å². The molecule has 0 N–H and O–H groups in total. The fraction of sp³-hybridized carbons (Fsp3) is 0.353. The Labute approximate surface area is 155 Å². The number of benzene rings is 1. The normalized spacial score (nSPS) is 13.1. The number of esters is 1. The molecule has 28 heavy (non-hydrogen) atoms. The van der Waals surface area contributed by atoms with Crippen LogP contribution in [0.1, 0.15) is 31.9 Å². The highest BCUT2D eigenvalue weighted by Crippen LogP contribution is 2.38. The summed E-state index contributed by atoms with van der Waals surface area (Å²) in [5.74, 6) is -1.01. The van der Waals surface area contributed by atoms with E-state index in [1.165, 1.54) is 13.1 Å². The molecule has 1 heterocycles. The van der Waals surface area contributed by atoms with E-state index in [1.807, 2.05) is 0 Å². The topological polar surface area (TPSA) is 57.0 Å². The van der Waals surface area contributed by atoms with Crippen LogP contribution in [0.5, 0.6) is 0 Å². The number of carbonyl (C=O) groups excluding carboxylic acids is 1. The highest BCUT2D eigenvalue weighted by atomic mass is 19.4. The maximum atomic E-state index is 12.9. The van der Waals surface area contributed by atoms with Crippen LogP contribution in [-0.2, 0) is 21.9 Å². The van der Waals surface area contributed by atoms with Crippen molar-refractivity contribution in [2.45, 2.75) is 39.2 Å². The third-order valence-electron chi connectivity index (χ3n) is 3.35. The average Bonchev–Trinajstić information content (AvgIpc) is 3.00. The SMILES string of the molecule is C/C(=C\n1cnc(-c2cc(C(F)(F)F)cc(C(F)(F)F)c2)n1)C(=O)OC(C)C. The molecule has 0 bridgehead atoms. The Morgan fingerprint density at radius 3 is 2.07 bits per heavy atom. The second-order valence-electron chi connectivity index (χ2n) is 6.11. The van der Waals surface area contributed by atoms with Gasteiger partial charge in [-0.3, -0.25) is 0 Å². The number of carbonyl (C=O) groups is 1.